The lowest BCUT2D eigenvalue weighted by atomic mass is 10.0. The molecule has 1 unspecified atom stereocenters. The Bertz CT molecular complexity index is 1690. The van der Waals surface area contributed by atoms with Crippen molar-refractivity contribution in [2.75, 3.05) is 31.6 Å². The second-order valence-electron chi connectivity index (χ2n) is 10.1. The number of hydrogen-bond acceptors (Lipinski definition) is 6. The molecule has 0 radical (unpaired) electrons. The van der Waals surface area contributed by atoms with E-state index in [1.54, 1.807) is 30.3 Å². The number of ether oxygens (including phenoxy) is 2. The van der Waals surface area contributed by atoms with Gasteiger partial charge in [0.15, 0.2) is 0 Å². The number of benzene rings is 4. The molecule has 11 heteroatoms. The van der Waals surface area contributed by atoms with Crippen LogP contribution in [0.5, 0.6) is 11.5 Å². The minimum atomic E-state index is -4.29. The van der Waals surface area contributed by atoms with E-state index in [0.29, 0.717) is 12.3 Å². The summed E-state index contributed by atoms with van der Waals surface area (Å²) in [6.45, 7) is 1.62. The van der Waals surface area contributed by atoms with Crippen LogP contribution in [0.1, 0.15) is 18.1 Å². The van der Waals surface area contributed by atoms with Crippen LogP contribution in [-0.4, -0.2) is 58.5 Å². The summed E-state index contributed by atoms with van der Waals surface area (Å²) in [7, 11) is -1.40. The molecule has 0 saturated carbocycles. The van der Waals surface area contributed by atoms with E-state index in [0.717, 1.165) is 19.9 Å². The van der Waals surface area contributed by atoms with Crippen LogP contribution < -0.4 is 19.1 Å². The third-order valence-corrected chi connectivity index (χ3v) is 9.46. The zero-order chi connectivity index (χ0) is 32.4. The number of amides is 2. The quantitative estimate of drug-likeness (QED) is 0.189. The minimum absolute atomic E-state index is 0.00769. The van der Waals surface area contributed by atoms with Crippen molar-refractivity contribution in [3.8, 4) is 11.5 Å². The number of anilines is 1. The summed E-state index contributed by atoms with van der Waals surface area (Å²) in [5.74, 6) is -0.313. The van der Waals surface area contributed by atoms with Gasteiger partial charge in [-0.15, -0.1) is 0 Å². The lowest BCUT2D eigenvalue weighted by Gasteiger charge is -2.34. The highest BCUT2D eigenvalue weighted by Crippen LogP contribution is 2.36. The van der Waals surface area contributed by atoms with E-state index in [4.69, 9.17) is 9.47 Å². The van der Waals surface area contributed by atoms with Gasteiger partial charge in [-0.3, -0.25) is 13.9 Å². The van der Waals surface area contributed by atoms with Crippen LogP contribution in [0.2, 0.25) is 0 Å². The van der Waals surface area contributed by atoms with Crippen molar-refractivity contribution in [3.63, 3.8) is 0 Å². The molecule has 4 aromatic carbocycles. The van der Waals surface area contributed by atoms with Gasteiger partial charge >= 0.3 is 0 Å². The van der Waals surface area contributed by atoms with E-state index in [-0.39, 0.29) is 35.2 Å². The molecular weight excluding hydrogens is 658 g/mol. The van der Waals surface area contributed by atoms with Gasteiger partial charge in [-0.05, 0) is 54.4 Å². The normalized spacial score (nSPS) is 11.7. The van der Waals surface area contributed by atoms with Gasteiger partial charge in [-0.2, -0.15) is 0 Å². The van der Waals surface area contributed by atoms with E-state index < -0.39 is 28.5 Å². The maximum atomic E-state index is 14.5. The number of sulfonamides is 1. The average molecular weight is 695 g/mol. The Hall–Kier alpha value is -4.35. The summed E-state index contributed by atoms with van der Waals surface area (Å²) in [5, 5.41) is 2.86. The maximum Gasteiger partial charge on any atom is 0.264 e. The smallest absolute Gasteiger partial charge is 0.264 e. The number of nitrogens with one attached hydrogen (secondary N) is 1. The van der Waals surface area contributed by atoms with Gasteiger partial charge in [0, 0.05) is 30.0 Å². The van der Waals surface area contributed by atoms with Crippen LogP contribution >= 0.6 is 15.9 Å². The van der Waals surface area contributed by atoms with Gasteiger partial charge in [0.2, 0.25) is 11.8 Å². The van der Waals surface area contributed by atoms with E-state index in [1.165, 1.54) is 37.3 Å². The van der Waals surface area contributed by atoms with Crippen molar-refractivity contribution >= 4 is 43.5 Å². The van der Waals surface area contributed by atoms with E-state index in [9.17, 15) is 18.0 Å². The summed E-state index contributed by atoms with van der Waals surface area (Å²) < 4.78 is 41.3. The number of likely N-dealkylation sites (N-methyl/N-ethyl adjacent to an activating group) is 1. The number of carbonyl (C=O) groups is 2. The molecular formula is C34H36BrN3O6S. The van der Waals surface area contributed by atoms with Gasteiger partial charge in [0.25, 0.3) is 10.0 Å². The zero-order valence-corrected chi connectivity index (χ0v) is 27.8. The predicted molar refractivity (Wildman–Crippen MR) is 178 cm³/mol. The first-order valence-corrected chi connectivity index (χ1v) is 16.6. The summed E-state index contributed by atoms with van der Waals surface area (Å²) in [6.07, 6.45) is 0.225. The number of nitrogens with zero attached hydrogens (tertiary/aromatic N) is 2. The van der Waals surface area contributed by atoms with Crippen molar-refractivity contribution in [1.82, 2.24) is 10.2 Å². The Labute approximate surface area is 273 Å². The van der Waals surface area contributed by atoms with Crippen molar-refractivity contribution in [2.24, 2.45) is 0 Å². The second kappa shape index (κ2) is 15.6. The van der Waals surface area contributed by atoms with E-state index in [2.05, 4.69) is 21.2 Å². The second-order valence-corrected chi connectivity index (χ2v) is 12.9. The molecule has 0 aliphatic carbocycles. The van der Waals surface area contributed by atoms with Gasteiger partial charge in [-0.25, -0.2) is 8.42 Å². The van der Waals surface area contributed by atoms with Gasteiger partial charge < -0.3 is 19.7 Å². The molecule has 9 nitrogen and oxygen atoms in total. The van der Waals surface area contributed by atoms with Crippen LogP contribution in [0.4, 0.5) is 5.69 Å². The zero-order valence-electron chi connectivity index (χ0n) is 25.4. The molecule has 2 amide bonds. The monoisotopic (exact) mass is 693 g/mol. The molecule has 0 saturated heterocycles. The molecule has 0 aliphatic rings. The van der Waals surface area contributed by atoms with Gasteiger partial charge in [0.1, 0.15) is 24.1 Å². The summed E-state index contributed by atoms with van der Waals surface area (Å²) in [5.41, 5.74) is 1.74. The SMILES string of the molecule is CCNC(=O)C(Cc1ccccc1)N(Cc1ccc(Br)cc1)C(=O)CN(c1cc(OC)ccc1OC)S(=O)(=O)c1ccccc1. The van der Waals surface area contributed by atoms with Crippen molar-refractivity contribution < 1.29 is 27.5 Å². The Balaban J connectivity index is 1.84. The molecule has 0 fully saturated rings. The topological polar surface area (TPSA) is 105 Å². The number of rotatable bonds is 14. The molecule has 1 N–H and O–H groups in total. The number of hydrogen-bond donors (Lipinski definition) is 1. The molecule has 4 aromatic rings. The summed E-state index contributed by atoms with van der Waals surface area (Å²) in [4.78, 5) is 29.6. The summed E-state index contributed by atoms with van der Waals surface area (Å²) >= 11 is 3.45. The molecule has 1 atom stereocenters. The Morgan fingerprint density at radius 2 is 1.49 bits per heavy atom. The number of carbonyl (C=O) groups excluding carboxylic acids is 2. The van der Waals surface area contributed by atoms with Crippen molar-refractivity contribution in [1.29, 1.82) is 0 Å². The molecule has 0 spiro atoms. The van der Waals surface area contributed by atoms with Crippen LogP contribution in [-0.2, 0) is 32.6 Å². The standard InChI is InChI=1S/C34H36BrN3O6S/c1-4-36-34(40)31(21-25-11-7-5-8-12-25)37(23-26-15-17-27(35)18-16-26)33(39)24-38(45(41,42)29-13-9-6-10-14-29)30-22-28(43-2)19-20-32(30)44-3/h5-20,22,31H,4,21,23-24H2,1-3H3,(H,36,40). The fraction of sp³-hybridized carbons (Fsp3) is 0.235. The molecule has 0 heterocycles. The lowest BCUT2D eigenvalue weighted by Crippen LogP contribution is -2.53. The highest BCUT2D eigenvalue weighted by molar-refractivity contribution is 9.10. The minimum Gasteiger partial charge on any atom is -0.497 e. The third kappa shape index (κ3) is 8.43. The maximum absolute atomic E-state index is 14.5. The largest absolute Gasteiger partial charge is 0.497 e. The van der Waals surface area contributed by atoms with Crippen LogP contribution in [0, 0.1) is 0 Å². The Morgan fingerprint density at radius 1 is 0.844 bits per heavy atom. The number of halogens is 1. The molecule has 0 bridgehead atoms. The first-order valence-electron chi connectivity index (χ1n) is 14.3. The fourth-order valence-electron chi connectivity index (χ4n) is 4.86. The highest BCUT2D eigenvalue weighted by atomic mass is 79.9. The molecule has 0 aromatic heterocycles. The van der Waals surface area contributed by atoms with E-state index in [1.807, 2.05) is 61.5 Å². The van der Waals surface area contributed by atoms with Crippen molar-refractivity contribution in [3.05, 3.63) is 119 Å². The third-order valence-electron chi connectivity index (χ3n) is 7.15. The Morgan fingerprint density at radius 3 is 2.09 bits per heavy atom. The van der Waals surface area contributed by atoms with E-state index >= 15 is 0 Å². The first-order chi connectivity index (χ1) is 21.7. The average Bonchev–Trinajstić information content (AvgIpc) is 3.06. The Kier molecular flexibility index (Phi) is 11.6. The van der Waals surface area contributed by atoms with Crippen molar-refractivity contribution in [2.45, 2.75) is 30.8 Å². The highest BCUT2D eigenvalue weighted by Gasteiger charge is 2.35. The van der Waals surface area contributed by atoms with Crippen LogP contribution in [0.15, 0.2) is 112 Å². The molecule has 45 heavy (non-hydrogen) atoms. The first kappa shape index (κ1) is 33.5. The predicted octanol–water partition coefficient (Wildman–Crippen LogP) is 5.44. The molecule has 236 valence electrons. The van der Waals surface area contributed by atoms with Gasteiger partial charge in [0.05, 0.1) is 24.8 Å². The van der Waals surface area contributed by atoms with Crippen LogP contribution in [0.3, 0.4) is 0 Å². The number of methoxy groups -OCH3 is 2. The molecule has 0 aliphatic heterocycles. The van der Waals surface area contributed by atoms with Crippen LogP contribution in [0.25, 0.3) is 0 Å². The van der Waals surface area contributed by atoms with Gasteiger partial charge in [-0.1, -0.05) is 76.6 Å². The molecule has 4 rings (SSSR count). The fourth-order valence-corrected chi connectivity index (χ4v) is 6.56. The lowest BCUT2D eigenvalue weighted by molar-refractivity contribution is -0.140. The summed E-state index contributed by atoms with van der Waals surface area (Å²) in [6, 6.07) is 28.5.